The van der Waals surface area contributed by atoms with Gasteiger partial charge in [0.25, 0.3) is 5.91 Å². The molecule has 0 saturated carbocycles. The summed E-state index contributed by atoms with van der Waals surface area (Å²) in [5.41, 5.74) is 0.648. The van der Waals surface area contributed by atoms with Crippen molar-refractivity contribution in [3.63, 3.8) is 0 Å². The van der Waals surface area contributed by atoms with Crippen molar-refractivity contribution in [2.75, 3.05) is 7.11 Å². The maximum atomic E-state index is 12.9. The normalized spacial score (nSPS) is 18.6. The maximum Gasteiger partial charge on any atom is 0.261 e. The Kier molecular flexibility index (Phi) is 5.59. The van der Waals surface area contributed by atoms with Crippen LogP contribution in [0.4, 0.5) is 0 Å². The summed E-state index contributed by atoms with van der Waals surface area (Å²) in [5, 5.41) is 3.15. The second-order valence-corrected chi connectivity index (χ2v) is 7.33. The standard InChI is InChI=1S/C22H27NO4/c1-5-17(26-20-13-9-8-12-19(20)25-4)21(24)23-16-14-22(2,3)27-18-11-7-6-10-15(16)18/h6-13,16-17H,5,14H2,1-4H3,(H,23,24)/t16-,17-/m0/s1. The highest BCUT2D eigenvalue weighted by molar-refractivity contribution is 5.81. The molecule has 1 heterocycles. The molecule has 27 heavy (non-hydrogen) atoms. The van der Waals surface area contributed by atoms with Gasteiger partial charge in [-0.05, 0) is 38.5 Å². The van der Waals surface area contributed by atoms with E-state index >= 15 is 0 Å². The number of ether oxygens (including phenoxy) is 3. The first kappa shape index (κ1) is 19.1. The van der Waals surface area contributed by atoms with Crippen LogP contribution in [0.1, 0.15) is 45.2 Å². The smallest absolute Gasteiger partial charge is 0.261 e. The third kappa shape index (κ3) is 4.35. The van der Waals surface area contributed by atoms with E-state index in [0.29, 0.717) is 24.3 Å². The van der Waals surface area contributed by atoms with Gasteiger partial charge in [0.2, 0.25) is 0 Å². The molecule has 3 rings (SSSR count). The van der Waals surface area contributed by atoms with Crippen molar-refractivity contribution >= 4 is 5.91 Å². The van der Waals surface area contributed by atoms with E-state index in [9.17, 15) is 4.79 Å². The van der Waals surface area contributed by atoms with E-state index in [-0.39, 0.29) is 17.6 Å². The molecular weight excluding hydrogens is 342 g/mol. The number of benzene rings is 2. The minimum atomic E-state index is -0.598. The summed E-state index contributed by atoms with van der Waals surface area (Å²) in [6.07, 6.45) is 0.651. The molecule has 1 aliphatic heterocycles. The fourth-order valence-corrected chi connectivity index (χ4v) is 3.39. The zero-order chi connectivity index (χ0) is 19.4. The third-order valence-electron chi connectivity index (χ3n) is 4.69. The lowest BCUT2D eigenvalue weighted by molar-refractivity contribution is -0.129. The molecule has 0 aliphatic carbocycles. The second-order valence-electron chi connectivity index (χ2n) is 7.33. The minimum absolute atomic E-state index is 0.118. The summed E-state index contributed by atoms with van der Waals surface area (Å²) >= 11 is 0. The van der Waals surface area contributed by atoms with Crippen molar-refractivity contribution in [3.8, 4) is 17.2 Å². The van der Waals surface area contributed by atoms with Crippen molar-refractivity contribution < 1.29 is 19.0 Å². The molecule has 0 radical (unpaired) electrons. The largest absolute Gasteiger partial charge is 0.493 e. The fourth-order valence-electron chi connectivity index (χ4n) is 3.39. The van der Waals surface area contributed by atoms with Crippen molar-refractivity contribution in [1.82, 2.24) is 5.32 Å². The van der Waals surface area contributed by atoms with Gasteiger partial charge in [-0.25, -0.2) is 0 Å². The van der Waals surface area contributed by atoms with Crippen LogP contribution < -0.4 is 19.5 Å². The van der Waals surface area contributed by atoms with E-state index in [1.165, 1.54) is 0 Å². The molecule has 2 aromatic rings. The Morgan fingerprint density at radius 2 is 1.85 bits per heavy atom. The van der Waals surface area contributed by atoms with Gasteiger partial charge in [0, 0.05) is 12.0 Å². The van der Waals surface area contributed by atoms with Crippen molar-refractivity contribution in [2.24, 2.45) is 0 Å². The third-order valence-corrected chi connectivity index (χ3v) is 4.69. The summed E-state index contributed by atoms with van der Waals surface area (Å²) in [7, 11) is 1.59. The van der Waals surface area contributed by atoms with E-state index < -0.39 is 6.10 Å². The quantitative estimate of drug-likeness (QED) is 0.826. The number of methoxy groups -OCH3 is 1. The molecule has 0 aromatic heterocycles. The Hall–Kier alpha value is -2.69. The number of nitrogens with one attached hydrogen (secondary N) is 1. The number of carbonyl (C=O) groups is 1. The predicted octanol–water partition coefficient (Wildman–Crippen LogP) is 4.27. The van der Waals surface area contributed by atoms with Crippen LogP contribution in [-0.4, -0.2) is 24.7 Å². The monoisotopic (exact) mass is 369 g/mol. The van der Waals surface area contributed by atoms with E-state index in [2.05, 4.69) is 5.32 Å². The Balaban J connectivity index is 1.77. The summed E-state index contributed by atoms with van der Waals surface area (Å²) in [6.45, 7) is 6.00. The maximum absolute atomic E-state index is 12.9. The average Bonchev–Trinajstić information content (AvgIpc) is 2.65. The van der Waals surface area contributed by atoms with Crippen molar-refractivity contribution in [1.29, 1.82) is 0 Å². The number of amides is 1. The zero-order valence-electron chi connectivity index (χ0n) is 16.3. The van der Waals surface area contributed by atoms with Gasteiger partial charge in [-0.3, -0.25) is 4.79 Å². The zero-order valence-corrected chi connectivity index (χ0v) is 16.3. The van der Waals surface area contributed by atoms with Gasteiger partial charge < -0.3 is 19.5 Å². The van der Waals surface area contributed by atoms with Gasteiger partial charge in [-0.15, -0.1) is 0 Å². The molecule has 0 unspecified atom stereocenters. The molecule has 1 amide bonds. The highest BCUT2D eigenvalue weighted by atomic mass is 16.5. The van der Waals surface area contributed by atoms with Crippen LogP contribution in [0.3, 0.4) is 0 Å². The molecular formula is C22H27NO4. The summed E-state index contributed by atoms with van der Waals surface area (Å²) in [5.74, 6) is 1.86. The van der Waals surface area contributed by atoms with E-state index in [1.807, 2.05) is 69.3 Å². The second kappa shape index (κ2) is 7.91. The summed E-state index contributed by atoms with van der Waals surface area (Å²) in [4.78, 5) is 12.9. The number of fused-ring (bicyclic) bond motifs is 1. The summed E-state index contributed by atoms with van der Waals surface area (Å²) < 4.78 is 17.3. The van der Waals surface area contributed by atoms with Crippen molar-refractivity contribution in [3.05, 3.63) is 54.1 Å². The number of rotatable bonds is 6. The SMILES string of the molecule is CC[C@H](Oc1ccccc1OC)C(=O)N[C@H]1CC(C)(C)Oc2ccccc21. The van der Waals surface area contributed by atoms with Gasteiger partial charge in [0.1, 0.15) is 11.4 Å². The molecule has 2 atom stereocenters. The lowest BCUT2D eigenvalue weighted by Gasteiger charge is -2.38. The lowest BCUT2D eigenvalue weighted by Crippen LogP contribution is -2.45. The first-order chi connectivity index (χ1) is 12.9. The number of carbonyl (C=O) groups excluding carboxylic acids is 1. The molecule has 5 heteroatoms. The molecule has 0 bridgehead atoms. The molecule has 1 aliphatic rings. The van der Waals surface area contributed by atoms with Gasteiger partial charge in [0.05, 0.1) is 13.2 Å². The Bertz CT molecular complexity index is 802. The van der Waals surface area contributed by atoms with Crippen LogP contribution in [0.5, 0.6) is 17.2 Å². The van der Waals surface area contributed by atoms with Gasteiger partial charge >= 0.3 is 0 Å². The number of hydrogen-bond donors (Lipinski definition) is 1. The van der Waals surface area contributed by atoms with Gasteiger partial charge in [0.15, 0.2) is 17.6 Å². The Labute approximate surface area is 160 Å². The van der Waals surface area contributed by atoms with Crippen LogP contribution in [-0.2, 0) is 4.79 Å². The van der Waals surface area contributed by atoms with Gasteiger partial charge in [-0.2, -0.15) is 0 Å². The highest BCUT2D eigenvalue weighted by Crippen LogP contribution is 2.39. The highest BCUT2D eigenvalue weighted by Gasteiger charge is 2.35. The molecule has 0 saturated heterocycles. The molecule has 2 aromatic carbocycles. The predicted molar refractivity (Wildman–Crippen MR) is 104 cm³/mol. The van der Waals surface area contributed by atoms with Crippen LogP contribution >= 0.6 is 0 Å². The van der Waals surface area contributed by atoms with E-state index in [4.69, 9.17) is 14.2 Å². The molecule has 1 N–H and O–H groups in total. The molecule has 0 fully saturated rings. The van der Waals surface area contributed by atoms with Crippen LogP contribution in [0.15, 0.2) is 48.5 Å². The summed E-state index contributed by atoms with van der Waals surface area (Å²) in [6, 6.07) is 15.1. The lowest BCUT2D eigenvalue weighted by atomic mass is 9.89. The fraction of sp³-hybridized carbons (Fsp3) is 0.409. The Morgan fingerprint density at radius 3 is 2.56 bits per heavy atom. The minimum Gasteiger partial charge on any atom is -0.493 e. The van der Waals surface area contributed by atoms with Crippen molar-refractivity contribution in [2.45, 2.75) is 51.4 Å². The van der Waals surface area contributed by atoms with Crippen LogP contribution in [0, 0.1) is 0 Å². The molecule has 0 spiro atoms. The van der Waals surface area contributed by atoms with Crippen LogP contribution in [0.25, 0.3) is 0 Å². The first-order valence-corrected chi connectivity index (χ1v) is 9.31. The van der Waals surface area contributed by atoms with Crippen LogP contribution in [0.2, 0.25) is 0 Å². The molecule has 5 nitrogen and oxygen atoms in total. The number of hydrogen-bond acceptors (Lipinski definition) is 4. The van der Waals surface area contributed by atoms with E-state index in [0.717, 1.165) is 11.3 Å². The Morgan fingerprint density at radius 1 is 1.19 bits per heavy atom. The van der Waals surface area contributed by atoms with E-state index in [1.54, 1.807) is 7.11 Å². The number of para-hydroxylation sites is 3. The first-order valence-electron chi connectivity index (χ1n) is 9.31. The average molecular weight is 369 g/mol. The topological polar surface area (TPSA) is 56.8 Å². The van der Waals surface area contributed by atoms with Gasteiger partial charge in [-0.1, -0.05) is 37.3 Å². The molecule has 144 valence electrons.